The molecule has 2 rings (SSSR count). The summed E-state index contributed by atoms with van der Waals surface area (Å²) >= 11 is 0. The molecule has 17 heavy (non-hydrogen) atoms. The average Bonchev–Trinajstić information content (AvgIpc) is 2.98. The van der Waals surface area contributed by atoms with Crippen molar-refractivity contribution in [3.8, 4) is 5.75 Å². The van der Waals surface area contributed by atoms with E-state index in [0.29, 0.717) is 5.56 Å². The molecule has 1 aliphatic carbocycles. The van der Waals surface area contributed by atoms with Crippen molar-refractivity contribution in [2.24, 2.45) is 11.7 Å². The third kappa shape index (κ3) is 3.78. The molecule has 0 spiro atoms. The molecule has 1 aromatic carbocycles. The molecule has 2 nitrogen and oxygen atoms in total. The molecule has 1 fully saturated rings. The van der Waals surface area contributed by atoms with E-state index in [-0.39, 0.29) is 30.1 Å². The summed E-state index contributed by atoms with van der Waals surface area (Å²) in [6, 6.07) is 5.69. The summed E-state index contributed by atoms with van der Waals surface area (Å²) in [4.78, 5) is 0. The second kappa shape index (κ2) is 5.14. The van der Waals surface area contributed by atoms with E-state index >= 15 is 0 Å². The van der Waals surface area contributed by atoms with Crippen molar-refractivity contribution < 1.29 is 17.9 Å². The van der Waals surface area contributed by atoms with Gasteiger partial charge in [-0.3, -0.25) is 0 Å². The standard InChI is InChI=1S/C11H12F3NO.ClH/c12-11(13,14)16-9-4-2-1-3-8(9)10(15)7-5-6-7;/h1-4,7,10H,5-6,15H2;1H/t10-;/m1./s1. The second-order valence-corrected chi connectivity index (χ2v) is 3.95. The largest absolute Gasteiger partial charge is 0.573 e. The molecule has 1 aromatic rings. The van der Waals surface area contributed by atoms with Crippen molar-refractivity contribution in [3.05, 3.63) is 29.8 Å². The second-order valence-electron chi connectivity index (χ2n) is 3.95. The van der Waals surface area contributed by atoms with Crippen LogP contribution in [0.4, 0.5) is 13.2 Å². The van der Waals surface area contributed by atoms with Gasteiger partial charge in [-0.15, -0.1) is 25.6 Å². The van der Waals surface area contributed by atoms with Gasteiger partial charge in [0.05, 0.1) is 0 Å². The quantitative estimate of drug-likeness (QED) is 0.911. The lowest BCUT2D eigenvalue weighted by Gasteiger charge is -2.17. The highest BCUT2D eigenvalue weighted by atomic mass is 35.5. The minimum atomic E-state index is -4.67. The number of rotatable bonds is 3. The molecule has 0 unspecified atom stereocenters. The van der Waals surface area contributed by atoms with Gasteiger partial charge in [0, 0.05) is 11.6 Å². The summed E-state index contributed by atoms with van der Waals surface area (Å²) in [5.41, 5.74) is 6.31. The molecular formula is C11H13ClF3NO. The zero-order chi connectivity index (χ0) is 11.8. The summed E-state index contributed by atoms with van der Waals surface area (Å²) in [5, 5.41) is 0. The number of hydrogen-bond donors (Lipinski definition) is 1. The minimum absolute atomic E-state index is 0. The predicted molar refractivity (Wildman–Crippen MR) is 60.0 cm³/mol. The molecule has 0 aliphatic heterocycles. The number of nitrogens with two attached hydrogens (primary N) is 1. The van der Waals surface area contributed by atoms with E-state index in [0.717, 1.165) is 12.8 Å². The van der Waals surface area contributed by atoms with Crippen molar-refractivity contribution in [3.63, 3.8) is 0 Å². The van der Waals surface area contributed by atoms with Gasteiger partial charge in [0.2, 0.25) is 0 Å². The fourth-order valence-electron chi connectivity index (χ4n) is 1.68. The average molecular weight is 268 g/mol. The number of para-hydroxylation sites is 1. The third-order valence-electron chi connectivity index (χ3n) is 2.63. The number of alkyl halides is 3. The van der Waals surface area contributed by atoms with Crippen LogP contribution in [0.1, 0.15) is 24.4 Å². The van der Waals surface area contributed by atoms with E-state index in [1.54, 1.807) is 12.1 Å². The maximum Gasteiger partial charge on any atom is 0.573 e. The molecule has 1 saturated carbocycles. The maximum absolute atomic E-state index is 12.1. The Kier molecular flexibility index (Phi) is 4.27. The van der Waals surface area contributed by atoms with Crippen LogP contribution in [0.3, 0.4) is 0 Å². The van der Waals surface area contributed by atoms with Gasteiger partial charge in [0.15, 0.2) is 0 Å². The third-order valence-corrected chi connectivity index (χ3v) is 2.63. The minimum Gasteiger partial charge on any atom is -0.405 e. The highest BCUT2D eigenvalue weighted by molar-refractivity contribution is 5.85. The lowest BCUT2D eigenvalue weighted by Crippen LogP contribution is -2.20. The molecule has 2 N–H and O–H groups in total. The van der Waals surface area contributed by atoms with E-state index in [4.69, 9.17) is 5.73 Å². The van der Waals surface area contributed by atoms with Crippen LogP contribution in [-0.2, 0) is 0 Å². The van der Waals surface area contributed by atoms with Gasteiger partial charge in [-0.05, 0) is 24.8 Å². The van der Waals surface area contributed by atoms with Gasteiger partial charge in [-0.1, -0.05) is 18.2 Å². The van der Waals surface area contributed by atoms with Gasteiger partial charge in [-0.2, -0.15) is 0 Å². The van der Waals surface area contributed by atoms with Gasteiger partial charge in [-0.25, -0.2) is 0 Å². The van der Waals surface area contributed by atoms with Crippen LogP contribution in [0, 0.1) is 5.92 Å². The van der Waals surface area contributed by atoms with Crippen molar-refractivity contribution in [2.45, 2.75) is 25.2 Å². The van der Waals surface area contributed by atoms with Crippen molar-refractivity contribution in [1.82, 2.24) is 0 Å². The highest BCUT2D eigenvalue weighted by Crippen LogP contribution is 2.42. The van der Waals surface area contributed by atoms with Crippen molar-refractivity contribution in [2.75, 3.05) is 0 Å². The molecule has 0 aromatic heterocycles. The molecule has 96 valence electrons. The molecular weight excluding hydrogens is 255 g/mol. The van der Waals surface area contributed by atoms with Gasteiger partial charge in [0.1, 0.15) is 5.75 Å². The molecule has 0 radical (unpaired) electrons. The first-order valence-electron chi connectivity index (χ1n) is 5.07. The van der Waals surface area contributed by atoms with Gasteiger partial charge >= 0.3 is 6.36 Å². The van der Waals surface area contributed by atoms with Crippen molar-refractivity contribution >= 4 is 12.4 Å². The predicted octanol–water partition coefficient (Wildman–Crippen LogP) is 3.42. The zero-order valence-corrected chi connectivity index (χ0v) is 9.72. The smallest absolute Gasteiger partial charge is 0.405 e. The Morgan fingerprint density at radius 2 is 1.82 bits per heavy atom. The summed E-state index contributed by atoms with van der Waals surface area (Å²) < 4.78 is 40.4. The van der Waals surface area contributed by atoms with Crippen LogP contribution in [0.5, 0.6) is 5.75 Å². The first-order valence-corrected chi connectivity index (χ1v) is 5.07. The Labute approximate surface area is 103 Å². The molecule has 6 heteroatoms. The summed E-state index contributed by atoms with van der Waals surface area (Å²) in [5.74, 6) is 0.104. The Hall–Kier alpha value is -0.940. The van der Waals surface area contributed by atoms with Crippen LogP contribution in [0.25, 0.3) is 0 Å². The molecule has 1 atom stereocenters. The topological polar surface area (TPSA) is 35.2 Å². The Bertz CT molecular complexity index is 379. The fraction of sp³-hybridized carbons (Fsp3) is 0.455. The number of halogens is 4. The SMILES string of the molecule is Cl.N[C@@H](c1ccccc1OC(F)(F)F)C1CC1. The monoisotopic (exact) mass is 267 g/mol. The molecule has 0 amide bonds. The molecule has 1 aliphatic rings. The Morgan fingerprint density at radius 1 is 1.24 bits per heavy atom. The van der Waals surface area contributed by atoms with Crippen LogP contribution in [0.15, 0.2) is 24.3 Å². The van der Waals surface area contributed by atoms with E-state index in [9.17, 15) is 13.2 Å². The molecule has 0 saturated heterocycles. The first-order chi connectivity index (χ1) is 7.47. The summed E-state index contributed by atoms with van der Waals surface area (Å²) in [6.45, 7) is 0. The number of ether oxygens (including phenoxy) is 1. The van der Waals surface area contributed by atoms with Crippen LogP contribution < -0.4 is 10.5 Å². The number of benzene rings is 1. The Morgan fingerprint density at radius 3 is 2.35 bits per heavy atom. The van der Waals surface area contributed by atoms with Crippen LogP contribution in [-0.4, -0.2) is 6.36 Å². The zero-order valence-electron chi connectivity index (χ0n) is 8.91. The first kappa shape index (κ1) is 14.1. The molecule has 0 bridgehead atoms. The normalized spacial score (nSPS) is 17.2. The van der Waals surface area contributed by atoms with Gasteiger partial charge < -0.3 is 10.5 Å². The Balaban J connectivity index is 0.00000144. The van der Waals surface area contributed by atoms with E-state index < -0.39 is 6.36 Å². The van der Waals surface area contributed by atoms with Gasteiger partial charge in [0.25, 0.3) is 0 Å². The lowest BCUT2D eigenvalue weighted by atomic mass is 10.0. The maximum atomic E-state index is 12.1. The van der Waals surface area contributed by atoms with E-state index in [1.165, 1.54) is 12.1 Å². The van der Waals surface area contributed by atoms with Crippen LogP contribution in [0.2, 0.25) is 0 Å². The molecule has 0 heterocycles. The summed E-state index contributed by atoms with van der Waals surface area (Å²) in [7, 11) is 0. The fourth-order valence-corrected chi connectivity index (χ4v) is 1.68. The van der Waals surface area contributed by atoms with E-state index in [1.807, 2.05) is 0 Å². The summed E-state index contributed by atoms with van der Waals surface area (Å²) in [6.07, 6.45) is -2.72. The van der Waals surface area contributed by atoms with Crippen molar-refractivity contribution in [1.29, 1.82) is 0 Å². The van der Waals surface area contributed by atoms with E-state index in [2.05, 4.69) is 4.74 Å². The van der Waals surface area contributed by atoms with Crippen LogP contribution >= 0.6 is 12.4 Å². The number of hydrogen-bond acceptors (Lipinski definition) is 2. The highest BCUT2D eigenvalue weighted by Gasteiger charge is 2.35. The lowest BCUT2D eigenvalue weighted by molar-refractivity contribution is -0.275.